The molecule has 0 aliphatic carbocycles. The van der Waals surface area contributed by atoms with Crippen molar-refractivity contribution in [1.29, 1.82) is 0 Å². The number of benzene rings is 7. The van der Waals surface area contributed by atoms with Gasteiger partial charge in [0.2, 0.25) is 5.89 Å². The molecule has 0 bridgehead atoms. The van der Waals surface area contributed by atoms with E-state index < -0.39 is 0 Å². The molecule has 7 aromatic carbocycles. The highest BCUT2D eigenvalue weighted by Crippen LogP contribution is 2.40. The Morgan fingerprint density at radius 2 is 1.10 bits per heavy atom. The Balaban J connectivity index is 1.09. The Hall–Kier alpha value is -7.12. The van der Waals surface area contributed by atoms with Gasteiger partial charge in [-0.2, -0.15) is 0 Å². The topological polar surface area (TPSA) is 91.0 Å². The fourth-order valence-electron chi connectivity index (χ4n) is 7.14. The van der Waals surface area contributed by atoms with E-state index in [1.807, 2.05) is 109 Å². The van der Waals surface area contributed by atoms with Gasteiger partial charge in [-0.1, -0.05) is 103 Å². The molecule has 0 amide bonds. The minimum Gasteiger partial charge on any atom is -0.456 e. The summed E-state index contributed by atoms with van der Waals surface area (Å²) >= 11 is 0. The van der Waals surface area contributed by atoms with Crippen LogP contribution in [0.25, 0.3) is 111 Å². The van der Waals surface area contributed by atoms with E-state index in [2.05, 4.69) is 36.4 Å². The van der Waals surface area contributed by atoms with Gasteiger partial charge in [-0.25, -0.2) is 19.9 Å². The minimum absolute atomic E-state index is 0.508. The van der Waals surface area contributed by atoms with Gasteiger partial charge in [0.25, 0.3) is 0 Å². The number of para-hydroxylation sites is 2. The molecule has 0 aliphatic rings. The minimum atomic E-state index is 0.508. The zero-order valence-electron chi connectivity index (χ0n) is 26.9. The number of oxazole rings is 1. The third-order valence-electron chi connectivity index (χ3n) is 9.56. The Kier molecular flexibility index (Phi) is 5.83. The fourth-order valence-corrected chi connectivity index (χ4v) is 7.14. The van der Waals surface area contributed by atoms with Crippen LogP contribution in [0.15, 0.2) is 159 Å². The molecule has 4 aromatic heterocycles. The van der Waals surface area contributed by atoms with E-state index in [-0.39, 0.29) is 0 Å². The maximum atomic E-state index is 6.62. The van der Waals surface area contributed by atoms with Gasteiger partial charge in [0.05, 0.1) is 5.56 Å². The molecule has 0 aliphatic heterocycles. The summed E-state index contributed by atoms with van der Waals surface area (Å²) in [6, 6.07) is 48.5. The number of aromatic nitrogens is 4. The molecule has 11 rings (SSSR count). The largest absolute Gasteiger partial charge is 0.456 e. The summed E-state index contributed by atoms with van der Waals surface area (Å²) < 4.78 is 19.1. The van der Waals surface area contributed by atoms with E-state index in [4.69, 9.17) is 33.2 Å². The molecule has 11 aromatic rings. The van der Waals surface area contributed by atoms with E-state index >= 15 is 0 Å². The number of rotatable bonds is 4. The predicted octanol–water partition coefficient (Wildman–Crippen LogP) is 11.6. The second-order valence-electron chi connectivity index (χ2n) is 12.6. The van der Waals surface area contributed by atoms with Crippen molar-refractivity contribution in [1.82, 2.24) is 19.9 Å². The zero-order valence-corrected chi connectivity index (χ0v) is 26.9. The van der Waals surface area contributed by atoms with Gasteiger partial charge >= 0.3 is 0 Å². The number of hydrogen-bond acceptors (Lipinski definition) is 7. The summed E-state index contributed by atoms with van der Waals surface area (Å²) in [6.07, 6.45) is 0. The summed E-state index contributed by atoms with van der Waals surface area (Å²) in [5, 5.41) is 6.15. The quantitative estimate of drug-likeness (QED) is 0.186. The van der Waals surface area contributed by atoms with Crippen LogP contribution in [0.4, 0.5) is 0 Å². The molecule has 0 atom stereocenters. The Morgan fingerprint density at radius 1 is 0.373 bits per heavy atom. The molecule has 0 N–H and O–H groups in total. The SMILES string of the molecule is c1ccc(-c2nc(-c3cccc4c3oc3cc5oc(-c6ccc7ccccc7c6)nc5cc34)nc(-c3cccc4oc5ccccc5c34)n2)cc1. The van der Waals surface area contributed by atoms with Crippen LogP contribution in [0, 0.1) is 0 Å². The first-order valence-corrected chi connectivity index (χ1v) is 16.7. The first-order valence-electron chi connectivity index (χ1n) is 16.7. The lowest BCUT2D eigenvalue weighted by Gasteiger charge is -2.09. The number of fused-ring (bicyclic) bond motifs is 8. The summed E-state index contributed by atoms with van der Waals surface area (Å²) in [5.74, 6) is 2.19. The van der Waals surface area contributed by atoms with Crippen LogP contribution in [0.3, 0.4) is 0 Å². The normalized spacial score (nSPS) is 11.9. The van der Waals surface area contributed by atoms with Crippen LogP contribution in [-0.2, 0) is 0 Å². The molecule has 0 fully saturated rings. The Morgan fingerprint density at radius 3 is 2.02 bits per heavy atom. The van der Waals surface area contributed by atoms with Crippen molar-refractivity contribution in [2.45, 2.75) is 0 Å². The van der Waals surface area contributed by atoms with Gasteiger partial charge in [-0.05, 0) is 47.2 Å². The van der Waals surface area contributed by atoms with Crippen LogP contribution >= 0.6 is 0 Å². The molecule has 7 nitrogen and oxygen atoms in total. The van der Waals surface area contributed by atoms with Crippen molar-refractivity contribution in [3.8, 4) is 45.6 Å². The lowest BCUT2D eigenvalue weighted by Crippen LogP contribution is -2.00. The molecular formula is C44H24N4O3. The molecule has 238 valence electrons. The molecular weight excluding hydrogens is 633 g/mol. The fraction of sp³-hybridized carbons (Fsp3) is 0. The van der Waals surface area contributed by atoms with E-state index in [9.17, 15) is 0 Å². The van der Waals surface area contributed by atoms with Crippen molar-refractivity contribution < 1.29 is 13.3 Å². The van der Waals surface area contributed by atoms with Crippen LogP contribution in [0.5, 0.6) is 0 Å². The average molecular weight is 657 g/mol. The second-order valence-corrected chi connectivity index (χ2v) is 12.6. The molecule has 0 saturated heterocycles. The number of furan rings is 2. The van der Waals surface area contributed by atoms with Gasteiger partial charge in [-0.15, -0.1) is 0 Å². The Bertz CT molecular complexity index is 3160. The maximum Gasteiger partial charge on any atom is 0.227 e. The third-order valence-corrected chi connectivity index (χ3v) is 9.56. The highest BCUT2D eigenvalue weighted by atomic mass is 16.4. The standard InChI is InChI=1S/C44H24N4O3/c1-2-11-26(12-3-1)41-46-42(31-16-9-19-36-39(31)30-14-6-7-18-35(30)49-36)48-43(47-41)32-17-8-15-29-33-23-34-38(24-37(33)50-40(29)32)51-44(45-34)28-21-20-25-10-4-5-13-27(25)22-28/h1-24H. The maximum absolute atomic E-state index is 6.62. The Labute approximate surface area is 289 Å². The molecule has 51 heavy (non-hydrogen) atoms. The van der Waals surface area contributed by atoms with Crippen molar-refractivity contribution in [3.05, 3.63) is 146 Å². The van der Waals surface area contributed by atoms with Crippen molar-refractivity contribution >= 4 is 65.7 Å². The second kappa shape index (κ2) is 10.7. The number of hydrogen-bond donors (Lipinski definition) is 0. The van der Waals surface area contributed by atoms with E-state index in [0.717, 1.165) is 65.9 Å². The molecule has 7 heteroatoms. The van der Waals surface area contributed by atoms with Crippen molar-refractivity contribution in [2.24, 2.45) is 0 Å². The first-order chi connectivity index (χ1) is 25.2. The van der Waals surface area contributed by atoms with Crippen molar-refractivity contribution in [3.63, 3.8) is 0 Å². The molecule has 0 radical (unpaired) electrons. The van der Waals surface area contributed by atoms with Crippen LogP contribution in [-0.4, -0.2) is 19.9 Å². The van der Waals surface area contributed by atoms with E-state index in [0.29, 0.717) is 40.1 Å². The molecule has 0 spiro atoms. The first kappa shape index (κ1) is 27.8. The molecule has 0 unspecified atom stereocenters. The molecule has 0 saturated carbocycles. The summed E-state index contributed by atoms with van der Waals surface area (Å²) in [7, 11) is 0. The smallest absolute Gasteiger partial charge is 0.227 e. The van der Waals surface area contributed by atoms with Crippen molar-refractivity contribution in [2.75, 3.05) is 0 Å². The highest BCUT2D eigenvalue weighted by molar-refractivity contribution is 6.13. The molecule has 4 heterocycles. The predicted molar refractivity (Wildman–Crippen MR) is 201 cm³/mol. The van der Waals surface area contributed by atoms with Gasteiger partial charge in [0.1, 0.15) is 27.8 Å². The summed E-state index contributed by atoms with van der Waals surface area (Å²) in [6.45, 7) is 0. The highest BCUT2D eigenvalue weighted by Gasteiger charge is 2.21. The number of nitrogens with zero attached hydrogens (tertiary/aromatic N) is 4. The van der Waals surface area contributed by atoms with Gasteiger partial charge < -0.3 is 13.3 Å². The van der Waals surface area contributed by atoms with E-state index in [1.165, 1.54) is 5.39 Å². The average Bonchev–Trinajstić information content (AvgIpc) is 3.89. The lowest BCUT2D eigenvalue weighted by atomic mass is 10.0. The summed E-state index contributed by atoms with van der Waals surface area (Å²) in [4.78, 5) is 20.1. The van der Waals surface area contributed by atoms with E-state index in [1.54, 1.807) is 0 Å². The van der Waals surface area contributed by atoms with Gasteiger partial charge in [0, 0.05) is 44.3 Å². The third kappa shape index (κ3) is 4.38. The van der Waals surface area contributed by atoms with Gasteiger partial charge in [-0.3, -0.25) is 0 Å². The summed E-state index contributed by atoms with van der Waals surface area (Å²) in [5.41, 5.74) is 7.81. The van der Waals surface area contributed by atoms with Crippen LogP contribution < -0.4 is 0 Å². The monoisotopic (exact) mass is 656 g/mol. The lowest BCUT2D eigenvalue weighted by molar-refractivity contribution is 0.617. The zero-order chi connectivity index (χ0) is 33.5. The van der Waals surface area contributed by atoms with Gasteiger partial charge in [0.15, 0.2) is 23.1 Å². The van der Waals surface area contributed by atoms with Crippen LogP contribution in [0.2, 0.25) is 0 Å². The van der Waals surface area contributed by atoms with Crippen LogP contribution in [0.1, 0.15) is 0 Å².